The number of nitrogens with zero attached hydrogens (tertiary/aromatic N) is 1. The van der Waals surface area contributed by atoms with Gasteiger partial charge in [-0.2, -0.15) is 0 Å². The topological polar surface area (TPSA) is 20.3 Å². The molecule has 0 heterocycles. The van der Waals surface area contributed by atoms with Crippen molar-refractivity contribution < 1.29 is 4.79 Å². The summed E-state index contributed by atoms with van der Waals surface area (Å²) in [5, 5.41) is 0. The molecule has 2 aliphatic rings. The lowest BCUT2D eigenvalue weighted by Crippen LogP contribution is -2.29. The van der Waals surface area contributed by atoms with E-state index in [1.807, 2.05) is 12.1 Å². The molecule has 3 unspecified atom stereocenters. The van der Waals surface area contributed by atoms with E-state index in [0.29, 0.717) is 0 Å². The summed E-state index contributed by atoms with van der Waals surface area (Å²) >= 11 is 3.46. The summed E-state index contributed by atoms with van der Waals surface area (Å²) in [5.41, 5.74) is 1.90. The summed E-state index contributed by atoms with van der Waals surface area (Å²) in [6.45, 7) is 2.74. The zero-order valence-electron chi connectivity index (χ0n) is 12.2. The highest BCUT2D eigenvalue weighted by Crippen LogP contribution is 2.48. The number of fused-ring (bicyclic) bond motifs is 2. The predicted molar refractivity (Wildman–Crippen MR) is 86.4 cm³/mol. The molecule has 108 valence electrons. The molecular weight excluding hydrogens is 314 g/mol. The van der Waals surface area contributed by atoms with Crippen LogP contribution in [0.4, 0.5) is 5.69 Å². The first-order chi connectivity index (χ1) is 9.54. The van der Waals surface area contributed by atoms with Gasteiger partial charge in [-0.1, -0.05) is 22.4 Å². The Balaban J connectivity index is 1.77. The molecule has 0 radical (unpaired) electrons. The molecule has 2 bridgehead atoms. The van der Waals surface area contributed by atoms with Crippen molar-refractivity contribution in [3.8, 4) is 0 Å². The molecule has 3 rings (SSSR count). The van der Waals surface area contributed by atoms with E-state index in [0.717, 1.165) is 40.0 Å². The van der Waals surface area contributed by atoms with Gasteiger partial charge in [0.25, 0.3) is 0 Å². The van der Waals surface area contributed by atoms with Gasteiger partial charge in [-0.25, -0.2) is 0 Å². The van der Waals surface area contributed by atoms with Gasteiger partial charge in [0.1, 0.15) is 0 Å². The Morgan fingerprint density at radius 1 is 1.35 bits per heavy atom. The number of carbonyl (C=O) groups excluding carboxylic acids is 1. The van der Waals surface area contributed by atoms with Crippen molar-refractivity contribution in [2.45, 2.75) is 32.6 Å². The van der Waals surface area contributed by atoms with Gasteiger partial charge in [-0.05, 0) is 62.1 Å². The molecule has 0 aromatic heterocycles. The second-order valence-electron chi connectivity index (χ2n) is 6.53. The number of ketones is 1. The molecule has 0 amide bonds. The van der Waals surface area contributed by atoms with E-state index in [1.165, 1.54) is 25.7 Å². The molecule has 0 aliphatic heterocycles. The SMILES string of the molecule is CC(=O)c1cc(Br)ccc1N(C)CC1CC2CCC1C2. The molecular formula is C17H22BrNO. The third-order valence-electron chi connectivity index (χ3n) is 5.14. The van der Waals surface area contributed by atoms with Crippen molar-refractivity contribution in [1.82, 2.24) is 0 Å². The van der Waals surface area contributed by atoms with Crippen molar-refractivity contribution in [3.63, 3.8) is 0 Å². The fraction of sp³-hybridized carbons (Fsp3) is 0.588. The number of rotatable bonds is 4. The van der Waals surface area contributed by atoms with Crippen molar-refractivity contribution in [2.24, 2.45) is 17.8 Å². The Bertz CT molecular complexity index is 528. The second-order valence-corrected chi connectivity index (χ2v) is 7.45. The van der Waals surface area contributed by atoms with Crippen LogP contribution in [0.1, 0.15) is 43.0 Å². The van der Waals surface area contributed by atoms with E-state index in [4.69, 9.17) is 0 Å². The molecule has 1 aromatic rings. The van der Waals surface area contributed by atoms with Gasteiger partial charge in [0.15, 0.2) is 5.78 Å². The fourth-order valence-corrected chi connectivity index (χ4v) is 4.53. The highest BCUT2D eigenvalue weighted by atomic mass is 79.9. The van der Waals surface area contributed by atoms with Crippen molar-refractivity contribution in [2.75, 3.05) is 18.5 Å². The van der Waals surface area contributed by atoms with Gasteiger partial charge in [-0.15, -0.1) is 0 Å². The van der Waals surface area contributed by atoms with E-state index < -0.39 is 0 Å². The zero-order chi connectivity index (χ0) is 14.3. The molecule has 0 spiro atoms. The first-order valence-electron chi connectivity index (χ1n) is 7.56. The largest absolute Gasteiger partial charge is 0.374 e. The van der Waals surface area contributed by atoms with Crippen molar-refractivity contribution in [1.29, 1.82) is 0 Å². The van der Waals surface area contributed by atoms with Crippen LogP contribution >= 0.6 is 15.9 Å². The second kappa shape index (κ2) is 5.51. The summed E-state index contributed by atoms with van der Waals surface area (Å²) in [4.78, 5) is 14.1. The minimum absolute atomic E-state index is 0.140. The van der Waals surface area contributed by atoms with Crippen LogP contribution in [0, 0.1) is 17.8 Å². The van der Waals surface area contributed by atoms with Crippen LogP contribution in [0.15, 0.2) is 22.7 Å². The van der Waals surface area contributed by atoms with Crippen LogP contribution in [-0.4, -0.2) is 19.4 Å². The van der Waals surface area contributed by atoms with Crippen LogP contribution in [0.3, 0.4) is 0 Å². The number of hydrogen-bond acceptors (Lipinski definition) is 2. The van der Waals surface area contributed by atoms with E-state index in [2.05, 4.69) is 33.9 Å². The van der Waals surface area contributed by atoms with E-state index in [9.17, 15) is 4.79 Å². The first kappa shape index (κ1) is 14.1. The minimum Gasteiger partial charge on any atom is -0.374 e. The molecule has 0 saturated heterocycles. The van der Waals surface area contributed by atoms with Gasteiger partial charge >= 0.3 is 0 Å². The highest BCUT2D eigenvalue weighted by molar-refractivity contribution is 9.10. The molecule has 0 N–H and O–H groups in total. The number of hydrogen-bond donors (Lipinski definition) is 0. The maximum Gasteiger partial charge on any atom is 0.161 e. The summed E-state index contributed by atoms with van der Waals surface area (Å²) in [5.74, 6) is 2.87. The van der Waals surface area contributed by atoms with Gasteiger partial charge in [0.05, 0.1) is 0 Å². The molecule has 1 aromatic carbocycles. The zero-order valence-corrected chi connectivity index (χ0v) is 13.8. The number of benzene rings is 1. The smallest absolute Gasteiger partial charge is 0.161 e. The lowest BCUT2D eigenvalue weighted by atomic mass is 9.88. The Labute approximate surface area is 129 Å². The number of halogens is 1. The Morgan fingerprint density at radius 3 is 2.75 bits per heavy atom. The standard InChI is InChI=1S/C17H22BrNO/c1-11(20)16-9-15(18)5-6-17(16)19(2)10-14-8-12-3-4-13(14)7-12/h5-6,9,12-14H,3-4,7-8,10H2,1-2H3. The Kier molecular flexibility index (Phi) is 3.89. The lowest BCUT2D eigenvalue weighted by Gasteiger charge is -2.29. The molecule has 3 heteroatoms. The fourth-order valence-electron chi connectivity index (χ4n) is 4.17. The molecule has 2 fully saturated rings. The maximum absolute atomic E-state index is 11.8. The normalized spacial score (nSPS) is 27.9. The van der Waals surface area contributed by atoms with Crippen LogP contribution in [-0.2, 0) is 0 Å². The molecule has 2 aliphatic carbocycles. The molecule has 3 atom stereocenters. The van der Waals surface area contributed by atoms with Crippen LogP contribution in [0.2, 0.25) is 0 Å². The number of anilines is 1. The summed E-state index contributed by atoms with van der Waals surface area (Å²) in [6.07, 6.45) is 5.70. The third kappa shape index (κ3) is 2.65. The van der Waals surface area contributed by atoms with Gasteiger partial charge in [0, 0.05) is 29.3 Å². The average Bonchev–Trinajstić information content (AvgIpc) is 3.00. The molecule has 20 heavy (non-hydrogen) atoms. The van der Waals surface area contributed by atoms with Gasteiger partial charge < -0.3 is 4.90 Å². The predicted octanol–water partition coefficient (Wildman–Crippen LogP) is 4.52. The minimum atomic E-state index is 0.140. The molecule has 2 saturated carbocycles. The summed E-state index contributed by atoms with van der Waals surface area (Å²) in [7, 11) is 2.13. The average molecular weight is 336 g/mol. The summed E-state index contributed by atoms with van der Waals surface area (Å²) < 4.78 is 0.972. The van der Waals surface area contributed by atoms with E-state index in [1.54, 1.807) is 6.92 Å². The van der Waals surface area contributed by atoms with Crippen molar-refractivity contribution in [3.05, 3.63) is 28.2 Å². The lowest BCUT2D eigenvalue weighted by molar-refractivity contribution is 0.101. The maximum atomic E-state index is 11.8. The highest BCUT2D eigenvalue weighted by Gasteiger charge is 2.39. The third-order valence-corrected chi connectivity index (χ3v) is 5.64. The quantitative estimate of drug-likeness (QED) is 0.753. The van der Waals surface area contributed by atoms with Crippen LogP contribution in [0.5, 0.6) is 0 Å². The Hall–Kier alpha value is -0.830. The first-order valence-corrected chi connectivity index (χ1v) is 8.35. The monoisotopic (exact) mass is 335 g/mol. The summed E-state index contributed by atoms with van der Waals surface area (Å²) in [6, 6.07) is 6.03. The van der Waals surface area contributed by atoms with Gasteiger partial charge in [0.2, 0.25) is 0 Å². The van der Waals surface area contributed by atoms with Crippen LogP contribution < -0.4 is 4.90 Å². The Morgan fingerprint density at radius 2 is 2.15 bits per heavy atom. The molecule has 2 nitrogen and oxygen atoms in total. The van der Waals surface area contributed by atoms with Crippen LogP contribution in [0.25, 0.3) is 0 Å². The number of carbonyl (C=O) groups is 1. The van der Waals surface area contributed by atoms with Gasteiger partial charge in [-0.3, -0.25) is 4.79 Å². The van der Waals surface area contributed by atoms with E-state index >= 15 is 0 Å². The van der Waals surface area contributed by atoms with Crippen molar-refractivity contribution >= 4 is 27.4 Å². The van der Waals surface area contributed by atoms with E-state index in [-0.39, 0.29) is 5.78 Å². The number of Topliss-reactive ketones (excluding diaryl/α,β-unsaturated/α-hetero) is 1.